The van der Waals surface area contributed by atoms with Crippen LogP contribution in [0.25, 0.3) is 0 Å². The Kier molecular flexibility index (Phi) is 5.20. The van der Waals surface area contributed by atoms with E-state index in [0.717, 1.165) is 17.8 Å². The highest BCUT2D eigenvalue weighted by atomic mass is 16.5. The summed E-state index contributed by atoms with van der Waals surface area (Å²) in [6.45, 7) is 2.75. The zero-order chi connectivity index (χ0) is 20.2. The molecule has 1 N–H and O–H groups in total. The number of esters is 1. The summed E-state index contributed by atoms with van der Waals surface area (Å²) in [7, 11) is 0. The number of aromatic nitrogens is 2. The van der Waals surface area contributed by atoms with Gasteiger partial charge >= 0.3 is 5.97 Å². The maximum atomic E-state index is 12.8. The van der Waals surface area contributed by atoms with Gasteiger partial charge in [-0.25, -0.2) is 14.8 Å². The van der Waals surface area contributed by atoms with E-state index < -0.39 is 0 Å². The van der Waals surface area contributed by atoms with Crippen LogP contribution in [-0.4, -0.2) is 35.0 Å². The molecule has 0 unspecified atom stereocenters. The van der Waals surface area contributed by atoms with Gasteiger partial charge in [0, 0.05) is 17.9 Å². The number of amides is 1. The molecule has 4 rings (SSSR count). The molecule has 0 fully saturated rings. The minimum Gasteiger partial charge on any atom is -0.462 e. The third-order valence-corrected chi connectivity index (χ3v) is 4.67. The number of hydrogen-bond donors (Lipinski definition) is 1. The van der Waals surface area contributed by atoms with Crippen molar-refractivity contribution >= 4 is 29.1 Å². The van der Waals surface area contributed by atoms with E-state index >= 15 is 0 Å². The molecule has 29 heavy (non-hydrogen) atoms. The number of benzene rings is 2. The van der Waals surface area contributed by atoms with Gasteiger partial charge in [0.1, 0.15) is 11.5 Å². The largest absolute Gasteiger partial charge is 0.462 e. The van der Waals surface area contributed by atoms with Gasteiger partial charge in [0.05, 0.1) is 24.6 Å². The Morgan fingerprint density at radius 3 is 2.59 bits per heavy atom. The SMILES string of the molecule is CCOC(=O)c1ccc(Nc2cnc(C(=O)N3CCc4ccccc43)cn2)cc1. The minimum absolute atomic E-state index is 0.159. The molecule has 7 nitrogen and oxygen atoms in total. The second-order valence-corrected chi connectivity index (χ2v) is 6.55. The number of carbonyl (C=O) groups is 2. The summed E-state index contributed by atoms with van der Waals surface area (Å²) in [5, 5.41) is 3.10. The van der Waals surface area contributed by atoms with Gasteiger partial charge in [-0.3, -0.25) is 4.79 Å². The summed E-state index contributed by atoms with van der Waals surface area (Å²) in [4.78, 5) is 34.8. The van der Waals surface area contributed by atoms with Crippen LogP contribution in [0, 0.1) is 0 Å². The first-order chi connectivity index (χ1) is 14.2. The summed E-state index contributed by atoms with van der Waals surface area (Å²) < 4.78 is 4.97. The lowest BCUT2D eigenvalue weighted by Crippen LogP contribution is -2.29. The fourth-order valence-electron chi connectivity index (χ4n) is 3.24. The highest BCUT2D eigenvalue weighted by Gasteiger charge is 2.26. The molecule has 7 heteroatoms. The number of nitrogens with one attached hydrogen (secondary N) is 1. The average molecular weight is 388 g/mol. The topological polar surface area (TPSA) is 84.4 Å². The van der Waals surface area contributed by atoms with Gasteiger partial charge in [-0.15, -0.1) is 0 Å². The van der Waals surface area contributed by atoms with Crippen LogP contribution in [0.5, 0.6) is 0 Å². The van der Waals surface area contributed by atoms with Crippen molar-refractivity contribution in [1.29, 1.82) is 0 Å². The van der Waals surface area contributed by atoms with Crippen molar-refractivity contribution in [2.24, 2.45) is 0 Å². The number of rotatable bonds is 5. The minimum atomic E-state index is -0.356. The molecule has 1 aromatic heterocycles. The monoisotopic (exact) mass is 388 g/mol. The van der Waals surface area contributed by atoms with E-state index in [9.17, 15) is 9.59 Å². The van der Waals surface area contributed by atoms with Crippen molar-refractivity contribution in [1.82, 2.24) is 9.97 Å². The van der Waals surface area contributed by atoms with Crippen LogP contribution in [0.3, 0.4) is 0 Å². The number of fused-ring (bicyclic) bond motifs is 1. The van der Waals surface area contributed by atoms with E-state index in [1.807, 2.05) is 24.3 Å². The van der Waals surface area contributed by atoms with Crippen LogP contribution in [0.4, 0.5) is 17.2 Å². The van der Waals surface area contributed by atoms with E-state index in [-0.39, 0.29) is 11.9 Å². The summed E-state index contributed by atoms with van der Waals surface area (Å²) in [5.41, 5.74) is 3.63. The zero-order valence-electron chi connectivity index (χ0n) is 16.0. The molecule has 0 atom stereocenters. The highest BCUT2D eigenvalue weighted by molar-refractivity contribution is 6.05. The Hall–Kier alpha value is -3.74. The number of hydrogen-bond acceptors (Lipinski definition) is 6. The Morgan fingerprint density at radius 1 is 1.07 bits per heavy atom. The van der Waals surface area contributed by atoms with Gasteiger partial charge in [0.25, 0.3) is 5.91 Å². The molecule has 0 bridgehead atoms. The maximum Gasteiger partial charge on any atom is 0.338 e. The quantitative estimate of drug-likeness (QED) is 0.673. The molecule has 0 saturated carbocycles. The molecular weight excluding hydrogens is 368 g/mol. The Bertz CT molecular complexity index is 1030. The van der Waals surface area contributed by atoms with E-state index in [1.54, 1.807) is 36.1 Å². The van der Waals surface area contributed by atoms with Crippen LogP contribution in [-0.2, 0) is 11.2 Å². The van der Waals surface area contributed by atoms with Crippen molar-refractivity contribution in [3.8, 4) is 0 Å². The van der Waals surface area contributed by atoms with Crippen LogP contribution < -0.4 is 10.2 Å². The van der Waals surface area contributed by atoms with Gasteiger partial charge in [-0.1, -0.05) is 18.2 Å². The van der Waals surface area contributed by atoms with Crippen LogP contribution >= 0.6 is 0 Å². The Morgan fingerprint density at radius 2 is 1.86 bits per heavy atom. The molecule has 2 aromatic carbocycles. The second kappa shape index (κ2) is 8.10. The normalized spacial score (nSPS) is 12.4. The predicted molar refractivity (Wildman–Crippen MR) is 110 cm³/mol. The number of anilines is 3. The molecule has 2 heterocycles. The third kappa shape index (κ3) is 3.94. The van der Waals surface area contributed by atoms with E-state index in [2.05, 4.69) is 15.3 Å². The smallest absolute Gasteiger partial charge is 0.338 e. The van der Waals surface area contributed by atoms with Gasteiger partial charge in [-0.05, 0) is 49.2 Å². The van der Waals surface area contributed by atoms with Gasteiger partial charge in [0.15, 0.2) is 0 Å². The summed E-state index contributed by atoms with van der Waals surface area (Å²) in [5.74, 6) is -0.00904. The summed E-state index contributed by atoms with van der Waals surface area (Å²) in [6.07, 6.45) is 3.84. The van der Waals surface area contributed by atoms with Crippen LogP contribution in [0.1, 0.15) is 33.3 Å². The molecule has 0 radical (unpaired) electrons. The molecular formula is C22H20N4O3. The Labute approximate surface area is 168 Å². The summed E-state index contributed by atoms with van der Waals surface area (Å²) in [6, 6.07) is 14.8. The van der Waals surface area contributed by atoms with E-state index in [4.69, 9.17) is 4.74 Å². The fraction of sp³-hybridized carbons (Fsp3) is 0.182. The highest BCUT2D eigenvalue weighted by Crippen LogP contribution is 2.28. The molecule has 0 saturated heterocycles. The third-order valence-electron chi connectivity index (χ3n) is 4.67. The molecule has 146 valence electrons. The van der Waals surface area contributed by atoms with E-state index in [0.29, 0.717) is 30.2 Å². The summed E-state index contributed by atoms with van der Waals surface area (Å²) >= 11 is 0. The fourth-order valence-corrected chi connectivity index (χ4v) is 3.24. The number of carbonyl (C=O) groups excluding carboxylic acids is 2. The first-order valence-electron chi connectivity index (χ1n) is 9.41. The average Bonchev–Trinajstić information content (AvgIpc) is 3.19. The number of para-hydroxylation sites is 1. The van der Waals surface area contributed by atoms with Gasteiger partial charge < -0.3 is 15.0 Å². The standard InChI is InChI=1S/C22H20N4O3/c1-2-29-22(28)16-7-9-17(10-8-16)25-20-14-23-18(13-24-20)21(27)26-12-11-15-5-3-4-6-19(15)26/h3-10,13-14H,2,11-12H2,1H3,(H,24,25). The van der Waals surface area contributed by atoms with Gasteiger partial charge in [0.2, 0.25) is 0 Å². The molecule has 0 spiro atoms. The molecule has 1 aliphatic rings. The van der Waals surface area contributed by atoms with E-state index in [1.165, 1.54) is 18.0 Å². The first-order valence-corrected chi connectivity index (χ1v) is 9.41. The molecule has 0 aliphatic carbocycles. The Balaban J connectivity index is 1.43. The number of ether oxygens (including phenoxy) is 1. The van der Waals surface area contributed by atoms with Gasteiger partial charge in [-0.2, -0.15) is 0 Å². The van der Waals surface area contributed by atoms with Crippen molar-refractivity contribution in [2.45, 2.75) is 13.3 Å². The maximum absolute atomic E-state index is 12.8. The second-order valence-electron chi connectivity index (χ2n) is 6.55. The molecule has 1 aliphatic heterocycles. The predicted octanol–water partition coefficient (Wildman–Crippen LogP) is 3.60. The van der Waals surface area contributed by atoms with Crippen molar-refractivity contribution in [2.75, 3.05) is 23.4 Å². The molecule has 3 aromatic rings. The van der Waals surface area contributed by atoms with Crippen molar-refractivity contribution in [3.63, 3.8) is 0 Å². The van der Waals surface area contributed by atoms with Crippen molar-refractivity contribution in [3.05, 3.63) is 77.7 Å². The first kappa shape index (κ1) is 18.6. The lowest BCUT2D eigenvalue weighted by molar-refractivity contribution is 0.0526. The van der Waals surface area contributed by atoms with Crippen LogP contribution in [0.2, 0.25) is 0 Å². The lowest BCUT2D eigenvalue weighted by Gasteiger charge is -2.16. The van der Waals surface area contributed by atoms with Crippen LogP contribution in [0.15, 0.2) is 60.9 Å². The zero-order valence-corrected chi connectivity index (χ0v) is 16.0. The number of nitrogens with zero attached hydrogens (tertiary/aromatic N) is 3. The molecule has 1 amide bonds. The van der Waals surface area contributed by atoms with Crippen molar-refractivity contribution < 1.29 is 14.3 Å². The lowest BCUT2D eigenvalue weighted by atomic mass is 10.2.